The van der Waals surface area contributed by atoms with Crippen molar-refractivity contribution >= 4 is 27.5 Å². The molecule has 2 N–H and O–H groups in total. The molecule has 0 aliphatic carbocycles. The topological polar surface area (TPSA) is 74.7 Å². The highest BCUT2D eigenvalue weighted by Crippen LogP contribution is 2.22. The van der Waals surface area contributed by atoms with Crippen LogP contribution in [0.3, 0.4) is 0 Å². The SMILES string of the molecule is O=C(CN(Cc1ccccc1O)CC1CCCO1)NCCc1nc2ccccc2s1. The van der Waals surface area contributed by atoms with Crippen LogP contribution in [0, 0.1) is 0 Å². The molecule has 0 spiro atoms. The van der Waals surface area contributed by atoms with E-state index in [0.29, 0.717) is 19.6 Å². The highest BCUT2D eigenvalue weighted by atomic mass is 32.1. The third-order valence-electron chi connectivity index (χ3n) is 5.24. The molecule has 1 unspecified atom stereocenters. The molecule has 1 aliphatic heterocycles. The summed E-state index contributed by atoms with van der Waals surface area (Å²) in [7, 11) is 0. The first-order valence-electron chi connectivity index (χ1n) is 10.4. The molecule has 0 radical (unpaired) electrons. The molecule has 4 rings (SSSR count). The Morgan fingerprint density at radius 1 is 1.23 bits per heavy atom. The van der Waals surface area contributed by atoms with Crippen molar-refractivity contribution in [1.82, 2.24) is 15.2 Å². The predicted molar refractivity (Wildman–Crippen MR) is 119 cm³/mol. The molecule has 1 fully saturated rings. The number of rotatable bonds is 9. The van der Waals surface area contributed by atoms with Crippen LogP contribution < -0.4 is 5.32 Å². The zero-order valence-corrected chi connectivity index (χ0v) is 17.7. The van der Waals surface area contributed by atoms with Crippen molar-refractivity contribution in [3.63, 3.8) is 0 Å². The number of phenolic OH excluding ortho intramolecular Hbond substituents is 1. The van der Waals surface area contributed by atoms with Gasteiger partial charge in [-0.15, -0.1) is 11.3 Å². The van der Waals surface area contributed by atoms with Gasteiger partial charge < -0.3 is 15.2 Å². The molecule has 1 atom stereocenters. The van der Waals surface area contributed by atoms with Gasteiger partial charge in [0, 0.05) is 38.2 Å². The highest BCUT2D eigenvalue weighted by molar-refractivity contribution is 7.18. The van der Waals surface area contributed by atoms with Crippen LogP contribution in [0.15, 0.2) is 48.5 Å². The lowest BCUT2D eigenvalue weighted by atomic mass is 10.1. The Labute approximate surface area is 180 Å². The number of carbonyl (C=O) groups excluding carboxylic acids is 1. The molecular weight excluding hydrogens is 398 g/mol. The van der Waals surface area contributed by atoms with Gasteiger partial charge in [0.1, 0.15) is 5.75 Å². The van der Waals surface area contributed by atoms with Crippen molar-refractivity contribution in [2.75, 3.05) is 26.2 Å². The maximum Gasteiger partial charge on any atom is 0.234 e. The van der Waals surface area contributed by atoms with Crippen molar-refractivity contribution in [3.8, 4) is 5.75 Å². The van der Waals surface area contributed by atoms with E-state index in [4.69, 9.17) is 4.74 Å². The van der Waals surface area contributed by atoms with Crippen LogP contribution in [0.5, 0.6) is 5.75 Å². The molecular formula is C23H27N3O3S. The number of fused-ring (bicyclic) bond motifs is 1. The van der Waals surface area contributed by atoms with E-state index >= 15 is 0 Å². The van der Waals surface area contributed by atoms with Crippen LogP contribution in [0.1, 0.15) is 23.4 Å². The minimum Gasteiger partial charge on any atom is -0.508 e. The third-order valence-corrected chi connectivity index (χ3v) is 6.33. The van der Waals surface area contributed by atoms with E-state index in [2.05, 4.69) is 21.3 Å². The molecule has 1 aromatic heterocycles. The summed E-state index contributed by atoms with van der Waals surface area (Å²) in [6.07, 6.45) is 2.93. The Morgan fingerprint density at radius 3 is 2.87 bits per heavy atom. The Hall–Kier alpha value is -2.48. The number of ether oxygens (including phenoxy) is 1. The number of thiazole rings is 1. The summed E-state index contributed by atoms with van der Waals surface area (Å²) < 4.78 is 6.93. The van der Waals surface area contributed by atoms with Crippen molar-refractivity contribution in [2.24, 2.45) is 0 Å². The van der Waals surface area contributed by atoms with Crippen LogP contribution in [-0.2, 0) is 22.5 Å². The van der Waals surface area contributed by atoms with Crippen molar-refractivity contribution in [1.29, 1.82) is 0 Å². The second-order valence-corrected chi connectivity index (χ2v) is 8.72. The molecule has 1 saturated heterocycles. The molecule has 7 heteroatoms. The van der Waals surface area contributed by atoms with Crippen molar-refractivity contribution in [3.05, 3.63) is 59.1 Å². The number of nitrogens with one attached hydrogen (secondary N) is 1. The minimum atomic E-state index is -0.0236. The number of hydrogen-bond donors (Lipinski definition) is 2. The van der Waals surface area contributed by atoms with E-state index in [0.717, 1.165) is 42.0 Å². The summed E-state index contributed by atoms with van der Waals surface area (Å²) in [4.78, 5) is 19.3. The summed E-state index contributed by atoms with van der Waals surface area (Å²) >= 11 is 1.67. The molecule has 30 heavy (non-hydrogen) atoms. The van der Waals surface area contributed by atoms with E-state index in [1.807, 2.05) is 30.3 Å². The van der Waals surface area contributed by atoms with E-state index in [1.165, 1.54) is 4.70 Å². The number of hydrogen-bond acceptors (Lipinski definition) is 6. The second-order valence-electron chi connectivity index (χ2n) is 7.61. The molecule has 1 aliphatic rings. The van der Waals surface area contributed by atoms with Gasteiger partial charge in [0.2, 0.25) is 5.91 Å². The van der Waals surface area contributed by atoms with E-state index in [1.54, 1.807) is 23.5 Å². The fraction of sp³-hybridized carbons (Fsp3) is 0.391. The number of carbonyl (C=O) groups is 1. The molecule has 0 saturated carbocycles. The molecule has 6 nitrogen and oxygen atoms in total. The van der Waals surface area contributed by atoms with Gasteiger partial charge >= 0.3 is 0 Å². The van der Waals surface area contributed by atoms with E-state index < -0.39 is 0 Å². The average molecular weight is 426 g/mol. The summed E-state index contributed by atoms with van der Waals surface area (Å²) in [6, 6.07) is 15.4. The minimum absolute atomic E-state index is 0.0236. The lowest BCUT2D eigenvalue weighted by Crippen LogP contribution is -2.41. The molecule has 3 aromatic rings. The second kappa shape index (κ2) is 10.0. The van der Waals surface area contributed by atoms with E-state index in [9.17, 15) is 9.90 Å². The first kappa shape index (κ1) is 20.8. The quantitative estimate of drug-likeness (QED) is 0.550. The summed E-state index contributed by atoms with van der Waals surface area (Å²) in [5.74, 6) is 0.232. The normalized spacial score (nSPS) is 16.4. The number of benzene rings is 2. The molecule has 158 valence electrons. The number of aromatic nitrogens is 1. The van der Waals surface area contributed by atoms with Crippen LogP contribution >= 0.6 is 11.3 Å². The van der Waals surface area contributed by atoms with Crippen LogP contribution in [-0.4, -0.2) is 53.2 Å². The van der Waals surface area contributed by atoms with Crippen LogP contribution in [0.2, 0.25) is 0 Å². The number of amides is 1. The zero-order chi connectivity index (χ0) is 20.8. The molecule has 2 heterocycles. The molecule has 2 aromatic carbocycles. The maximum absolute atomic E-state index is 12.6. The Bertz CT molecular complexity index is 951. The van der Waals surface area contributed by atoms with Gasteiger partial charge in [0.15, 0.2) is 0 Å². The van der Waals surface area contributed by atoms with Gasteiger partial charge in [-0.05, 0) is 31.0 Å². The lowest BCUT2D eigenvalue weighted by Gasteiger charge is -2.25. The van der Waals surface area contributed by atoms with Crippen molar-refractivity contribution in [2.45, 2.75) is 31.9 Å². The fourth-order valence-corrected chi connectivity index (χ4v) is 4.71. The molecule has 1 amide bonds. The Morgan fingerprint density at radius 2 is 2.07 bits per heavy atom. The third kappa shape index (κ3) is 5.56. The van der Waals surface area contributed by atoms with Crippen LogP contribution in [0.4, 0.5) is 0 Å². The van der Waals surface area contributed by atoms with Gasteiger partial charge in [-0.1, -0.05) is 30.3 Å². The first-order valence-corrected chi connectivity index (χ1v) is 11.2. The fourth-order valence-electron chi connectivity index (χ4n) is 3.74. The number of aromatic hydroxyl groups is 1. The Kier molecular flexibility index (Phi) is 6.94. The lowest BCUT2D eigenvalue weighted by molar-refractivity contribution is -0.122. The largest absolute Gasteiger partial charge is 0.508 e. The van der Waals surface area contributed by atoms with Gasteiger partial charge in [0.25, 0.3) is 0 Å². The maximum atomic E-state index is 12.6. The van der Waals surface area contributed by atoms with Gasteiger partial charge in [-0.2, -0.15) is 0 Å². The zero-order valence-electron chi connectivity index (χ0n) is 16.9. The smallest absolute Gasteiger partial charge is 0.234 e. The van der Waals surface area contributed by atoms with Gasteiger partial charge in [0.05, 0.1) is 27.9 Å². The number of phenols is 1. The summed E-state index contributed by atoms with van der Waals surface area (Å²) in [5, 5.41) is 14.2. The molecule has 0 bridgehead atoms. The first-order chi connectivity index (χ1) is 14.7. The van der Waals surface area contributed by atoms with Gasteiger partial charge in [-0.25, -0.2) is 4.98 Å². The van der Waals surface area contributed by atoms with Gasteiger partial charge in [-0.3, -0.25) is 9.69 Å². The monoisotopic (exact) mass is 425 g/mol. The highest BCUT2D eigenvalue weighted by Gasteiger charge is 2.21. The predicted octanol–water partition coefficient (Wildman–Crippen LogP) is 3.34. The standard InChI is InChI=1S/C23H27N3O3S/c27-20-9-3-1-6-17(20)14-26(15-18-7-5-13-29-18)16-22(28)24-12-11-23-25-19-8-2-4-10-21(19)30-23/h1-4,6,8-10,18,27H,5,7,11-16H2,(H,24,28). The summed E-state index contributed by atoms with van der Waals surface area (Å²) in [6.45, 7) is 2.80. The summed E-state index contributed by atoms with van der Waals surface area (Å²) in [5.41, 5.74) is 1.83. The van der Waals surface area contributed by atoms with Crippen LogP contribution in [0.25, 0.3) is 10.2 Å². The average Bonchev–Trinajstić information content (AvgIpc) is 3.39. The number of nitrogens with zero attached hydrogens (tertiary/aromatic N) is 2. The van der Waals surface area contributed by atoms with Crippen molar-refractivity contribution < 1.29 is 14.6 Å². The number of para-hydroxylation sites is 2. The Balaban J connectivity index is 1.31. The van der Waals surface area contributed by atoms with E-state index in [-0.39, 0.29) is 24.3 Å².